The van der Waals surface area contributed by atoms with Crippen LogP contribution in [0.2, 0.25) is 0 Å². The fourth-order valence-electron chi connectivity index (χ4n) is 7.87. The SMILES string of the molecule is CCCN(C(=O)C1CCCCC1)c1c(NC(=O)[C@H]2CC[C@H](CCC)CC2)cccc1NC(=O)[C@H]1CC[C@H](CCC)CC1. The van der Waals surface area contributed by atoms with Crippen molar-refractivity contribution in [2.45, 2.75) is 136 Å². The van der Waals surface area contributed by atoms with Crippen LogP contribution in [-0.4, -0.2) is 24.3 Å². The van der Waals surface area contributed by atoms with E-state index in [9.17, 15) is 14.4 Å². The number of para-hydroxylation sites is 1. The average Bonchev–Trinajstić information content (AvgIpc) is 3.01. The van der Waals surface area contributed by atoms with Gasteiger partial charge in [-0.3, -0.25) is 14.4 Å². The summed E-state index contributed by atoms with van der Waals surface area (Å²) in [6, 6.07) is 5.73. The quantitative estimate of drug-likeness (QED) is 0.259. The van der Waals surface area contributed by atoms with E-state index in [1.165, 1.54) is 32.1 Å². The second-order valence-electron chi connectivity index (χ2n) is 13.5. The molecule has 0 unspecified atom stereocenters. The predicted octanol–water partition coefficient (Wildman–Crippen LogP) is 9.10. The van der Waals surface area contributed by atoms with Crippen molar-refractivity contribution in [3.05, 3.63) is 18.2 Å². The average molecular weight is 580 g/mol. The van der Waals surface area contributed by atoms with Gasteiger partial charge in [-0.2, -0.15) is 0 Å². The zero-order chi connectivity index (χ0) is 29.9. The van der Waals surface area contributed by atoms with E-state index in [-0.39, 0.29) is 35.5 Å². The van der Waals surface area contributed by atoms with Gasteiger partial charge in [0.15, 0.2) is 0 Å². The highest BCUT2D eigenvalue weighted by Crippen LogP contribution is 2.40. The minimum Gasteiger partial charge on any atom is -0.324 e. The first kappa shape index (κ1) is 32.5. The molecule has 1 aromatic carbocycles. The van der Waals surface area contributed by atoms with Crippen LogP contribution in [0.1, 0.15) is 136 Å². The fraction of sp³-hybridized carbons (Fsp3) is 0.750. The number of nitrogens with zero attached hydrogens (tertiary/aromatic N) is 1. The smallest absolute Gasteiger partial charge is 0.230 e. The van der Waals surface area contributed by atoms with Gasteiger partial charge in [-0.15, -0.1) is 0 Å². The highest BCUT2D eigenvalue weighted by atomic mass is 16.2. The van der Waals surface area contributed by atoms with E-state index >= 15 is 0 Å². The predicted molar refractivity (Wildman–Crippen MR) is 174 cm³/mol. The van der Waals surface area contributed by atoms with Gasteiger partial charge in [0.25, 0.3) is 0 Å². The summed E-state index contributed by atoms with van der Waals surface area (Å²) in [6.45, 7) is 7.12. The molecule has 1 aromatic rings. The van der Waals surface area contributed by atoms with Crippen LogP contribution in [0.15, 0.2) is 18.2 Å². The van der Waals surface area contributed by atoms with E-state index in [2.05, 4.69) is 31.4 Å². The highest BCUT2D eigenvalue weighted by Gasteiger charge is 2.33. The molecule has 0 bridgehead atoms. The number of carbonyl (C=O) groups excluding carboxylic acids is 3. The van der Waals surface area contributed by atoms with Crippen molar-refractivity contribution in [1.29, 1.82) is 0 Å². The second-order valence-corrected chi connectivity index (χ2v) is 13.5. The van der Waals surface area contributed by atoms with Crippen molar-refractivity contribution in [3.63, 3.8) is 0 Å². The maximum Gasteiger partial charge on any atom is 0.230 e. The van der Waals surface area contributed by atoms with Gasteiger partial charge in [-0.1, -0.05) is 71.8 Å². The van der Waals surface area contributed by atoms with Gasteiger partial charge in [0.2, 0.25) is 17.7 Å². The van der Waals surface area contributed by atoms with Gasteiger partial charge < -0.3 is 15.5 Å². The standard InChI is InChI=1S/C36H57N3O3/c1-4-11-26-17-21-28(22-18-26)34(40)37-31-15-10-16-32(38-35(41)29-23-19-27(12-5-2)20-24-29)33(31)39(25-6-3)36(42)30-13-8-7-9-14-30/h10,15-16,26-30H,4-9,11-14,17-25H2,1-3H3,(H,37,40)(H,38,41)/t26-,27-,28-,29-. The Labute approximate surface area is 255 Å². The van der Waals surface area contributed by atoms with E-state index in [1.807, 2.05) is 23.1 Å². The van der Waals surface area contributed by atoms with Gasteiger partial charge in [-0.05, 0) is 94.6 Å². The largest absolute Gasteiger partial charge is 0.324 e. The number of amides is 3. The first-order valence-electron chi connectivity index (χ1n) is 17.5. The van der Waals surface area contributed by atoms with Gasteiger partial charge in [-0.25, -0.2) is 0 Å². The summed E-state index contributed by atoms with van der Waals surface area (Å²) in [5.74, 6) is 1.69. The Bertz CT molecular complexity index is 959. The third-order valence-corrected chi connectivity index (χ3v) is 10.3. The minimum atomic E-state index is -0.00354. The zero-order valence-electron chi connectivity index (χ0n) is 26.7. The summed E-state index contributed by atoms with van der Waals surface area (Å²) in [6.07, 6.45) is 19.0. The van der Waals surface area contributed by atoms with Gasteiger partial charge in [0.1, 0.15) is 0 Å². The fourth-order valence-corrected chi connectivity index (χ4v) is 7.87. The van der Waals surface area contributed by atoms with Crippen LogP contribution in [0.3, 0.4) is 0 Å². The van der Waals surface area contributed by atoms with Crippen LogP contribution in [0.4, 0.5) is 17.1 Å². The molecule has 0 aliphatic heterocycles. The zero-order valence-corrected chi connectivity index (χ0v) is 26.7. The second kappa shape index (κ2) is 16.5. The Balaban J connectivity index is 1.58. The molecule has 42 heavy (non-hydrogen) atoms. The van der Waals surface area contributed by atoms with Crippen LogP contribution in [-0.2, 0) is 14.4 Å². The summed E-state index contributed by atoms with van der Waals surface area (Å²) in [7, 11) is 0. The van der Waals surface area contributed by atoms with Crippen LogP contribution in [0, 0.1) is 29.6 Å². The molecule has 3 saturated carbocycles. The molecular weight excluding hydrogens is 522 g/mol. The highest BCUT2D eigenvalue weighted by molar-refractivity contribution is 6.08. The molecule has 3 aliphatic rings. The van der Waals surface area contributed by atoms with Crippen molar-refractivity contribution in [3.8, 4) is 0 Å². The van der Waals surface area contributed by atoms with Gasteiger partial charge in [0, 0.05) is 24.3 Å². The molecule has 3 fully saturated rings. The van der Waals surface area contributed by atoms with Crippen molar-refractivity contribution in [1.82, 2.24) is 0 Å². The van der Waals surface area contributed by atoms with Crippen LogP contribution >= 0.6 is 0 Å². The third kappa shape index (κ3) is 8.60. The minimum absolute atomic E-state index is 0.000274. The monoisotopic (exact) mass is 579 g/mol. The van der Waals surface area contributed by atoms with E-state index in [1.54, 1.807) is 0 Å². The molecule has 0 heterocycles. The van der Waals surface area contributed by atoms with Crippen LogP contribution < -0.4 is 15.5 Å². The summed E-state index contributed by atoms with van der Waals surface area (Å²) in [4.78, 5) is 43.1. The number of benzene rings is 1. The van der Waals surface area contributed by atoms with Crippen LogP contribution in [0.25, 0.3) is 0 Å². The van der Waals surface area contributed by atoms with Gasteiger partial charge in [0.05, 0.1) is 17.1 Å². The van der Waals surface area contributed by atoms with Crippen molar-refractivity contribution >= 4 is 34.8 Å². The maximum atomic E-state index is 14.1. The Kier molecular flexibility index (Phi) is 12.8. The first-order chi connectivity index (χ1) is 20.4. The normalized spacial score (nSPS) is 25.0. The molecule has 6 heteroatoms. The lowest BCUT2D eigenvalue weighted by Gasteiger charge is -2.33. The molecule has 0 atom stereocenters. The van der Waals surface area contributed by atoms with Crippen molar-refractivity contribution in [2.24, 2.45) is 29.6 Å². The van der Waals surface area contributed by atoms with Crippen molar-refractivity contribution < 1.29 is 14.4 Å². The molecular formula is C36H57N3O3. The van der Waals surface area contributed by atoms with Gasteiger partial charge >= 0.3 is 0 Å². The number of hydrogen-bond donors (Lipinski definition) is 2. The summed E-state index contributed by atoms with van der Waals surface area (Å²) >= 11 is 0. The molecule has 3 amide bonds. The summed E-state index contributed by atoms with van der Waals surface area (Å²) in [5, 5.41) is 6.51. The van der Waals surface area contributed by atoms with Crippen LogP contribution in [0.5, 0.6) is 0 Å². The molecule has 234 valence electrons. The molecule has 3 aliphatic carbocycles. The Morgan fingerprint density at radius 1 is 0.643 bits per heavy atom. The Morgan fingerprint density at radius 2 is 1.12 bits per heavy atom. The lowest BCUT2D eigenvalue weighted by Crippen LogP contribution is -2.39. The molecule has 0 saturated heterocycles. The maximum absolute atomic E-state index is 14.1. The van der Waals surface area contributed by atoms with E-state index < -0.39 is 0 Å². The lowest BCUT2D eigenvalue weighted by molar-refractivity contribution is -0.123. The van der Waals surface area contributed by atoms with E-state index in [0.717, 1.165) is 95.3 Å². The molecule has 0 spiro atoms. The topological polar surface area (TPSA) is 78.5 Å². The van der Waals surface area contributed by atoms with Crippen molar-refractivity contribution in [2.75, 3.05) is 22.1 Å². The van der Waals surface area contributed by atoms with E-state index in [4.69, 9.17) is 0 Å². The Morgan fingerprint density at radius 3 is 1.55 bits per heavy atom. The molecule has 0 aromatic heterocycles. The third-order valence-electron chi connectivity index (χ3n) is 10.3. The molecule has 6 nitrogen and oxygen atoms in total. The van der Waals surface area contributed by atoms with E-state index in [0.29, 0.717) is 23.6 Å². The number of nitrogens with one attached hydrogen (secondary N) is 2. The molecule has 0 radical (unpaired) electrons. The first-order valence-corrected chi connectivity index (χ1v) is 17.5. The molecule has 4 rings (SSSR count). The summed E-state index contributed by atoms with van der Waals surface area (Å²) in [5.41, 5.74) is 1.98. The number of rotatable bonds is 12. The number of hydrogen-bond acceptors (Lipinski definition) is 3. The Hall–Kier alpha value is -2.37. The molecule has 2 N–H and O–H groups in total. The lowest BCUT2D eigenvalue weighted by atomic mass is 9.79. The number of carbonyl (C=O) groups is 3. The summed E-state index contributed by atoms with van der Waals surface area (Å²) < 4.78 is 0. The number of anilines is 3.